The van der Waals surface area contributed by atoms with Crippen molar-refractivity contribution in [3.63, 3.8) is 0 Å². The fourth-order valence-electron chi connectivity index (χ4n) is 1.87. The number of benzene rings is 1. The van der Waals surface area contributed by atoms with E-state index in [0.29, 0.717) is 0 Å². The van der Waals surface area contributed by atoms with Gasteiger partial charge in [-0.3, -0.25) is 4.98 Å². The topological polar surface area (TPSA) is 113 Å². The molecule has 2 rings (SSSR count). The number of hydrogen-bond acceptors (Lipinski definition) is 6. The zero-order valence-electron chi connectivity index (χ0n) is 12.9. The van der Waals surface area contributed by atoms with Gasteiger partial charge in [-0.15, -0.1) is 0 Å². The average Bonchev–Trinajstić information content (AvgIpc) is 2.52. The van der Waals surface area contributed by atoms with Gasteiger partial charge < -0.3 is 5.11 Å². The molecule has 0 bridgehead atoms. The summed E-state index contributed by atoms with van der Waals surface area (Å²) in [7, 11) is -7.48. The van der Waals surface area contributed by atoms with Gasteiger partial charge in [-0.05, 0) is 18.2 Å². The average molecular weight is 425 g/mol. The van der Waals surface area contributed by atoms with Crippen LogP contribution in [0.5, 0.6) is 5.75 Å². The van der Waals surface area contributed by atoms with E-state index >= 15 is 0 Å². The molecule has 0 atom stereocenters. The van der Waals surface area contributed by atoms with E-state index in [2.05, 4.69) is 9.71 Å². The van der Waals surface area contributed by atoms with E-state index in [9.17, 15) is 21.9 Å². The monoisotopic (exact) mass is 424 g/mol. The molecule has 0 aliphatic carbocycles. The summed E-state index contributed by atoms with van der Waals surface area (Å²) < 4.78 is 50.2. The summed E-state index contributed by atoms with van der Waals surface area (Å²) in [6.07, 6.45) is 1.07. The lowest BCUT2D eigenvalue weighted by Gasteiger charge is -2.09. The second-order valence-electron chi connectivity index (χ2n) is 4.97. The molecule has 0 saturated heterocycles. The number of nitrogens with one attached hydrogen (secondary N) is 1. The molecule has 0 spiro atoms. The Morgan fingerprint density at radius 1 is 1.04 bits per heavy atom. The molecule has 0 unspecified atom stereocenters. The van der Waals surface area contributed by atoms with Crippen molar-refractivity contribution in [2.75, 3.05) is 5.75 Å². The minimum absolute atomic E-state index is 0.0215. The van der Waals surface area contributed by atoms with Gasteiger partial charge in [0.05, 0.1) is 27.8 Å². The van der Waals surface area contributed by atoms with Crippen molar-refractivity contribution < 1.29 is 21.9 Å². The first kappa shape index (κ1) is 19.9. The van der Waals surface area contributed by atoms with Gasteiger partial charge in [-0.1, -0.05) is 30.1 Å². The third kappa shape index (κ3) is 4.83. The van der Waals surface area contributed by atoms with Crippen LogP contribution in [0, 0.1) is 0 Å². The molecule has 7 nitrogen and oxygen atoms in total. The van der Waals surface area contributed by atoms with Crippen molar-refractivity contribution in [3.8, 4) is 5.75 Å². The van der Waals surface area contributed by atoms with E-state index in [1.165, 1.54) is 25.1 Å². The first-order chi connectivity index (χ1) is 11.5. The Morgan fingerprint density at radius 2 is 1.64 bits per heavy atom. The zero-order valence-corrected chi connectivity index (χ0v) is 16.0. The first-order valence-electron chi connectivity index (χ1n) is 6.91. The van der Waals surface area contributed by atoms with Crippen LogP contribution < -0.4 is 4.72 Å². The highest BCUT2D eigenvalue weighted by atomic mass is 35.5. The van der Waals surface area contributed by atoms with Crippen LogP contribution in [0.15, 0.2) is 40.3 Å². The lowest BCUT2D eigenvalue weighted by molar-refractivity contribution is 0.460. The lowest BCUT2D eigenvalue weighted by Crippen LogP contribution is -2.24. The lowest BCUT2D eigenvalue weighted by atomic mass is 10.3. The molecule has 0 aliphatic heterocycles. The van der Waals surface area contributed by atoms with Gasteiger partial charge in [-0.2, -0.15) is 0 Å². The predicted molar refractivity (Wildman–Crippen MR) is 94.1 cm³/mol. The smallest absolute Gasteiger partial charge is 0.241 e. The van der Waals surface area contributed by atoms with Gasteiger partial charge in [0.15, 0.2) is 9.84 Å². The maximum atomic E-state index is 12.3. The zero-order chi connectivity index (χ0) is 18.8. The number of rotatable bonds is 6. The summed E-state index contributed by atoms with van der Waals surface area (Å²) in [5.74, 6) is -0.573. The summed E-state index contributed by atoms with van der Waals surface area (Å²) in [6.45, 7) is 1.12. The Balaban J connectivity index is 2.23. The SMILES string of the molecule is CCS(=O)(=O)c1cnc(CNS(=O)(=O)c2cc(Cl)cc(Cl)c2)c(O)c1. The summed E-state index contributed by atoms with van der Waals surface area (Å²) in [4.78, 5) is 3.53. The van der Waals surface area contributed by atoms with Crippen molar-refractivity contribution in [2.24, 2.45) is 0 Å². The van der Waals surface area contributed by atoms with Crippen LogP contribution in [0.2, 0.25) is 10.0 Å². The van der Waals surface area contributed by atoms with E-state index in [0.717, 1.165) is 12.3 Å². The number of sulfone groups is 1. The molecule has 0 fully saturated rings. The van der Waals surface area contributed by atoms with Gasteiger partial charge in [-0.25, -0.2) is 21.6 Å². The van der Waals surface area contributed by atoms with Gasteiger partial charge in [0, 0.05) is 22.3 Å². The molecule has 1 aromatic heterocycles. The Morgan fingerprint density at radius 3 is 2.16 bits per heavy atom. The summed E-state index contributed by atoms with van der Waals surface area (Å²) in [5.41, 5.74) is -0.0215. The number of pyridine rings is 1. The molecule has 0 saturated carbocycles. The summed E-state index contributed by atoms with van der Waals surface area (Å²) in [5, 5.41) is 10.2. The van der Waals surface area contributed by atoms with Crippen LogP contribution in [-0.2, 0) is 26.4 Å². The van der Waals surface area contributed by atoms with Crippen molar-refractivity contribution in [3.05, 3.63) is 46.2 Å². The Kier molecular flexibility index (Phi) is 5.95. The molecule has 25 heavy (non-hydrogen) atoms. The predicted octanol–water partition coefficient (Wildman–Crippen LogP) is 2.37. The van der Waals surface area contributed by atoms with Gasteiger partial charge >= 0.3 is 0 Å². The number of aromatic nitrogens is 1. The fraction of sp³-hybridized carbons (Fsp3) is 0.214. The molecular weight excluding hydrogens is 411 g/mol. The van der Waals surface area contributed by atoms with Gasteiger partial charge in [0.25, 0.3) is 0 Å². The number of nitrogens with zero attached hydrogens (tertiary/aromatic N) is 1. The molecule has 2 aromatic rings. The molecule has 136 valence electrons. The molecule has 1 aromatic carbocycles. The molecule has 0 aliphatic rings. The van der Waals surface area contributed by atoms with E-state index in [1.807, 2.05) is 0 Å². The molecule has 2 N–H and O–H groups in total. The Labute approximate surface area is 155 Å². The van der Waals surface area contributed by atoms with Crippen LogP contribution in [0.4, 0.5) is 0 Å². The van der Waals surface area contributed by atoms with E-state index in [1.54, 1.807) is 0 Å². The molecular formula is C14H14Cl2N2O5S2. The summed E-state index contributed by atoms with van der Waals surface area (Å²) >= 11 is 11.6. The maximum absolute atomic E-state index is 12.3. The number of aromatic hydroxyl groups is 1. The van der Waals surface area contributed by atoms with Crippen molar-refractivity contribution in [2.45, 2.75) is 23.3 Å². The molecule has 11 heteroatoms. The molecule has 0 amide bonds. The van der Waals surface area contributed by atoms with Crippen molar-refractivity contribution in [1.29, 1.82) is 0 Å². The highest BCUT2D eigenvalue weighted by Crippen LogP contribution is 2.23. The van der Waals surface area contributed by atoms with E-state index in [4.69, 9.17) is 23.2 Å². The Hall–Kier alpha value is -1.39. The third-order valence-electron chi connectivity index (χ3n) is 3.24. The minimum atomic E-state index is -3.95. The van der Waals surface area contributed by atoms with Crippen LogP contribution >= 0.6 is 23.2 Å². The third-order valence-corrected chi connectivity index (χ3v) is 6.76. The molecule has 0 radical (unpaired) electrons. The minimum Gasteiger partial charge on any atom is -0.506 e. The molecule has 1 heterocycles. The summed E-state index contributed by atoms with van der Waals surface area (Å²) in [6, 6.07) is 4.87. The fourth-order valence-corrected chi connectivity index (χ4v) is 4.42. The normalized spacial score (nSPS) is 12.3. The Bertz CT molecular complexity index is 988. The largest absolute Gasteiger partial charge is 0.506 e. The van der Waals surface area contributed by atoms with Crippen molar-refractivity contribution >= 4 is 43.1 Å². The van der Waals surface area contributed by atoms with Crippen molar-refractivity contribution in [1.82, 2.24) is 9.71 Å². The second kappa shape index (κ2) is 7.46. The first-order valence-corrected chi connectivity index (χ1v) is 10.8. The van der Waals surface area contributed by atoms with Crippen LogP contribution in [0.3, 0.4) is 0 Å². The van der Waals surface area contributed by atoms with Gasteiger partial charge in [0.1, 0.15) is 5.75 Å². The van der Waals surface area contributed by atoms with E-state index < -0.39 is 25.6 Å². The number of hydrogen-bond donors (Lipinski definition) is 2. The van der Waals surface area contributed by atoms with Crippen LogP contribution in [0.1, 0.15) is 12.6 Å². The highest BCUT2D eigenvalue weighted by Gasteiger charge is 2.18. The maximum Gasteiger partial charge on any atom is 0.241 e. The standard InChI is InChI=1S/C14H14Cl2N2O5S2/c1-2-24(20,21)12-6-14(19)13(17-7-12)8-18-25(22,23)11-4-9(15)3-10(16)5-11/h3-7,18-19H,2,8H2,1H3. The van der Waals surface area contributed by atoms with E-state index in [-0.39, 0.29) is 37.8 Å². The number of sulfonamides is 1. The van der Waals surface area contributed by atoms with Gasteiger partial charge in [0.2, 0.25) is 10.0 Å². The van der Waals surface area contributed by atoms with Crippen LogP contribution in [0.25, 0.3) is 0 Å². The second-order valence-corrected chi connectivity index (χ2v) is 9.89. The highest BCUT2D eigenvalue weighted by molar-refractivity contribution is 7.91. The quantitative estimate of drug-likeness (QED) is 0.735. The van der Waals surface area contributed by atoms with Crippen LogP contribution in [-0.4, -0.2) is 32.7 Å². The number of halogens is 2.